The number of thiophene rings is 1. The standard InChI is InChI=1S/C40H22N4O2S/c1-3-11-23(12-4-1)37-42-38(44-39(43-37)27-17-10-20-34-36(27)25-15-7-8-19-33(25)47-34)26-16-9-18-30-35(26)28-21-32-29(22-31(28)45-30)41-40(46-32)24-13-5-2-6-14-24/h1-22H. The first-order valence-electron chi connectivity index (χ1n) is 15.3. The lowest BCUT2D eigenvalue weighted by Gasteiger charge is -2.10. The Hall–Kier alpha value is -6.18. The SMILES string of the molecule is c1ccc(-c2nc(-c3cccc4oc5cc6nc(-c7ccccc7)oc6cc5c34)nc(-c3cccc4sc5ccccc5c34)n2)cc1. The Bertz CT molecular complexity index is 2800. The zero-order valence-corrected chi connectivity index (χ0v) is 25.5. The fraction of sp³-hybridized carbons (Fsp3) is 0. The van der Waals surface area contributed by atoms with Gasteiger partial charge in [0.15, 0.2) is 23.1 Å². The molecule has 0 radical (unpaired) electrons. The fourth-order valence-electron chi connectivity index (χ4n) is 6.43. The average molecular weight is 623 g/mol. The van der Waals surface area contributed by atoms with Crippen molar-refractivity contribution in [3.63, 3.8) is 0 Å². The van der Waals surface area contributed by atoms with Crippen molar-refractivity contribution in [3.05, 3.63) is 133 Å². The first-order valence-corrected chi connectivity index (χ1v) is 16.1. The second-order valence-electron chi connectivity index (χ2n) is 11.4. The van der Waals surface area contributed by atoms with Crippen LogP contribution in [0.4, 0.5) is 0 Å². The summed E-state index contributed by atoms with van der Waals surface area (Å²) >= 11 is 1.78. The Labute approximate surface area is 271 Å². The van der Waals surface area contributed by atoms with E-state index in [1.165, 1.54) is 14.8 Å². The van der Waals surface area contributed by atoms with Crippen molar-refractivity contribution in [2.45, 2.75) is 0 Å². The zero-order valence-electron chi connectivity index (χ0n) is 24.7. The van der Waals surface area contributed by atoms with Crippen LogP contribution in [0.25, 0.3) is 98.8 Å². The summed E-state index contributed by atoms with van der Waals surface area (Å²) in [4.78, 5) is 20.1. The minimum Gasteiger partial charge on any atom is -0.456 e. The number of hydrogen-bond donors (Lipinski definition) is 0. The predicted molar refractivity (Wildman–Crippen MR) is 189 cm³/mol. The van der Waals surface area contributed by atoms with Crippen LogP contribution >= 0.6 is 11.3 Å². The molecule has 0 saturated carbocycles. The minimum absolute atomic E-state index is 0.571. The highest BCUT2D eigenvalue weighted by Crippen LogP contribution is 2.41. The summed E-state index contributed by atoms with van der Waals surface area (Å²) in [5, 5.41) is 4.17. The van der Waals surface area contributed by atoms with Gasteiger partial charge in [0.25, 0.3) is 0 Å². The van der Waals surface area contributed by atoms with Gasteiger partial charge in [-0.15, -0.1) is 11.3 Å². The van der Waals surface area contributed by atoms with Crippen LogP contribution in [-0.2, 0) is 0 Å². The van der Waals surface area contributed by atoms with E-state index in [-0.39, 0.29) is 0 Å². The van der Waals surface area contributed by atoms with Gasteiger partial charge in [0.05, 0.1) is 0 Å². The molecule has 0 amide bonds. The summed E-state index contributed by atoms with van der Waals surface area (Å²) in [6, 6.07) is 44.8. The van der Waals surface area contributed by atoms with Crippen molar-refractivity contribution < 1.29 is 8.83 Å². The molecule has 0 spiro atoms. The van der Waals surface area contributed by atoms with Gasteiger partial charge in [0.1, 0.15) is 16.7 Å². The second kappa shape index (κ2) is 10.2. The van der Waals surface area contributed by atoms with E-state index in [9.17, 15) is 0 Å². The molecule has 4 heterocycles. The highest BCUT2D eigenvalue weighted by Gasteiger charge is 2.21. The van der Waals surface area contributed by atoms with Crippen molar-refractivity contribution in [2.75, 3.05) is 0 Å². The van der Waals surface area contributed by atoms with Gasteiger partial charge in [-0.25, -0.2) is 19.9 Å². The minimum atomic E-state index is 0.571. The lowest BCUT2D eigenvalue weighted by Crippen LogP contribution is -2.00. The molecule has 0 bridgehead atoms. The molecule has 0 aliphatic rings. The molecule has 220 valence electrons. The molecular formula is C40H22N4O2S. The quantitative estimate of drug-likeness (QED) is 0.194. The van der Waals surface area contributed by atoms with E-state index in [4.69, 9.17) is 28.8 Å². The van der Waals surface area contributed by atoms with Crippen molar-refractivity contribution >= 4 is 64.5 Å². The van der Waals surface area contributed by atoms with Crippen LogP contribution in [0.2, 0.25) is 0 Å². The second-order valence-corrected chi connectivity index (χ2v) is 12.5. The number of oxazole rings is 1. The van der Waals surface area contributed by atoms with Crippen molar-refractivity contribution in [2.24, 2.45) is 0 Å². The smallest absolute Gasteiger partial charge is 0.227 e. The first-order chi connectivity index (χ1) is 23.3. The third-order valence-corrected chi connectivity index (χ3v) is 9.71. The van der Waals surface area contributed by atoms with Crippen LogP contribution in [0.3, 0.4) is 0 Å². The molecule has 47 heavy (non-hydrogen) atoms. The Morgan fingerprint density at radius 1 is 0.426 bits per heavy atom. The van der Waals surface area contributed by atoms with E-state index in [1.54, 1.807) is 11.3 Å². The molecular weight excluding hydrogens is 601 g/mol. The molecule has 6 nitrogen and oxygen atoms in total. The highest BCUT2D eigenvalue weighted by molar-refractivity contribution is 7.25. The molecule has 0 saturated heterocycles. The van der Waals surface area contributed by atoms with Gasteiger partial charge < -0.3 is 8.83 Å². The summed E-state index contributed by atoms with van der Waals surface area (Å²) in [5.74, 6) is 2.37. The summed E-state index contributed by atoms with van der Waals surface area (Å²) in [7, 11) is 0. The Morgan fingerprint density at radius 2 is 1.09 bits per heavy atom. The summed E-state index contributed by atoms with van der Waals surface area (Å²) < 4.78 is 15.1. The van der Waals surface area contributed by atoms with Crippen LogP contribution in [0, 0.1) is 0 Å². The van der Waals surface area contributed by atoms with Crippen LogP contribution in [0.5, 0.6) is 0 Å². The molecule has 10 aromatic rings. The Balaban J connectivity index is 1.23. The molecule has 0 aliphatic carbocycles. The predicted octanol–water partition coefficient (Wildman–Crippen LogP) is 10.9. The molecule has 4 aromatic heterocycles. The lowest BCUT2D eigenvalue weighted by molar-refractivity contribution is 0.620. The van der Waals surface area contributed by atoms with Crippen LogP contribution in [0.15, 0.2) is 142 Å². The Morgan fingerprint density at radius 3 is 1.89 bits per heavy atom. The highest BCUT2D eigenvalue weighted by atomic mass is 32.1. The molecule has 7 heteroatoms. The number of rotatable bonds is 4. The molecule has 0 fully saturated rings. The van der Waals surface area contributed by atoms with Crippen LogP contribution in [0.1, 0.15) is 0 Å². The van der Waals surface area contributed by atoms with Crippen LogP contribution < -0.4 is 0 Å². The molecule has 0 N–H and O–H groups in total. The van der Waals surface area contributed by atoms with Crippen LogP contribution in [-0.4, -0.2) is 19.9 Å². The average Bonchev–Trinajstić information content (AvgIpc) is 3.84. The third-order valence-electron chi connectivity index (χ3n) is 8.58. The molecule has 10 rings (SSSR count). The topological polar surface area (TPSA) is 77.8 Å². The molecule has 0 aliphatic heterocycles. The van der Waals surface area contributed by atoms with Gasteiger partial charge >= 0.3 is 0 Å². The van der Waals surface area contributed by atoms with Gasteiger partial charge in [-0.3, -0.25) is 0 Å². The maximum atomic E-state index is 6.41. The number of furan rings is 1. The van der Waals surface area contributed by atoms with Crippen molar-refractivity contribution in [1.29, 1.82) is 0 Å². The summed E-state index contributed by atoms with van der Waals surface area (Å²) in [6.07, 6.45) is 0. The van der Waals surface area contributed by atoms with Gasteiger partial charge in [-0.05, 0) is 36.4 Å². The third kappa shape index (κ3) is 4.17. The van der Waals surface area contributed by atoms with Gasteiger partial charge in [0.2, 0.25) is 5.89 Å². The fourth-order valence-corrected chi connectivity index (χ4v) is 7.56. The summed E-state index contributed by atoms with van der Waals surface area (Å²) in [6.45, 7) is 0. The maximum absolute atomic E-state index is 6.41. The summed E-state index contributed by atoms with van der Waals surface area (Å²) in [5.41, 5.74) is 6.55. The van der Waals surface area contributed by atoms with Crippen molar-refractivity contribution in [1.82, 2.24) is 19.9 Å². The number of nitrogens with zero attached hydrogens (tertiary/aromatic N) is 4. The van der Waals surface area contributed by atoms with E-state index in [2.05, 4.69) is 42.5 Å². The number of aromatic nitrogens is 4. The Kier molecular flexibility index (Phi) is 5.64. The van der Waals surface area contributed by atoms with Gasteiger partial charge in [0, 0.05) is 59.3 Å². The maximum Gasteiger partial charge on any atom is 0.227 e. The first kappa shape index (κ1) is 26.1. The number of benzene rings is 6. The van der Waals surface area contributed by atoms with Gasteiger partial charge in [-0.2, -0.15) is 0 Å². The van der Waals surface area contributed by atoms with E-state index in [1.807, 2.05) is 91.0 Å². The van der Waals surface area contributed by atoms with Crippen molar-refractivity contribution in [3.8, 4) is 45.6 Å². The van der Waals surface area contributed by atoms with E-state index >= 15 is 0 Å². The van der Waals surface area contributed by atoms with Gasteiger partial charge in [-0.1, -0.05) is 91.0 Å². The van der Waals surface area contributed by atoms with E-state index in [0.29, 0.717) is 28.9 Å². The number of hydrogen-bond acceptors (Lipinski definition) is 7. The lowest BCUT2D eigenvalue weighted by atomic mass is 10.0. The normalized spacial score (nSPS) is 11.8. The van der Waals surface area contributed by atoms with E-state index < -0.39 is 0 Å². The number of fused-ring (bicyclic) bond motifs is 7. The monoisotopic (exact) mass is 622 g/mol. The molecule has 6 aromatic carbocycles. The van der Waals surface area contributed by atoms with E-state index in [0.717, 1.165) is 55.1 Å². The molecule has 0 atom stereocenters. The largest absolute Gasteiger partial charge is 0.456 e. The zero-order chi connectivity index (χ0) is 30.9. The molecule has 0 unspecified atom stereocenters.